The molecule has 6 nitrogen and oxygen atoms in total. The van der Waals surface area contributed by atoms with Crippen molar-refractivity contribution in [3.8, 4) is 11.5 Å². The second kappa shape index (κ2) is 7.83. The highest BCUT2D eigenvalue weighted by atomic mass is 35.5. The van der Waals surface area contributed by atoms with Crippen molar-refractivity contribution in [2.45, 2.75) is 0 Å². The van der Waals surface area contributed by atoms with E-state index in [1.54, 1.807) is 12.1 Å². The third-order valence-corrected chi connectivity index (χ3v) is 2.56. The van der Waals surface area contributed by atoms with E-state index in [2.05, 4.69) is 5.32 Å². The Hall–Kier alpha value is -1.50. The summed E-state index contributed by atoms with van der Waals surface area (Å²) < 4.78 is 15.2. The van der Waals surface area contributed by atoms with E-state index in [9.17, 15) is 4.79 Å². The molecule has 0 unspecified atom stereocenters. The van der Waals surface area contributed by atoms with Crippen LogP contribution in [0.25, 0.3) is 0 Å². The number of anilines is 1. The fraction of sp³-hybridized carbons (Fsp3) is 0.417. The molecule has 1 aromatic carbocycles. The molecular formula is C12H17ClN2O4. The number of rotatable bonds is 7. The smallest absolute Gasteiger partial charge is 0.250 e. The zero-order valence-electron chi connectivity index (χ0n) is 10.9. The number of methoxy groups -OCH3 is 2. The molecule has 0 aliphatic heterocycles. The molecule has 7 heteroatoms. The molecule has 0 aliphatic carbocycles. The summed E-state index contributed by atoms with van der Waals surface area (Å²) in [4.78, 5) is 11.6. The van der Waals surface area contributed by atoms with E-state index in [1.807, 2.05) is 0 Å². The number of hydrogen-bond donors (Lipinski definition) is 2. The Morgan fingerprint density at radius 3 is 2.53 bits per heavy atom. The Balaban J connectivity index is 2.75. The lowest BCUT2D eigenvalue weighted by Gasteiger charge is -2.12. The van der Waals surface area contributed by atoms with Crippen LogP contribution in [0.5, 0.6) is 11.5 Å². The Kier molecular flexibility index (Phi) is 6.41. The first-order valence-electron chi connectivity index (χ1n) is 5.61. The fourth-order valence-electron chi connectivity index (χ4n) is 1.38. The van der Waals surface area contributed by atoms with Gasteiger partial charge in [-0.1, -0.05) is 11.6 Å². The number of halogens is 1. The SMILES string of the molecule is COc1cc(Cl)c(NC(=O)COCCN)cc1OC. The first-order valence-corrected chi connectivity index (χ1v) is 5.99. The molecule has 0 aliphatic rings. The minimum atomic E-state index is -0.317. The Morgan fingerprint density at radius 2 is 1.95 bits per heavy atom. The summed E-state index contributed by atoms with van der Waals surface area (Å²) in [5.41, 5.74) is 5.68. The maximum atomic E-state index is 11.6. The van der Waals surface area contributed by atoms with Gasteiger partial charge in [0, 0.05) is 18.7 Å². The maximum Gasteiger partial charge on any atom is 0.250 e. The Morgan fingerprint density at radius 1 is 1.32 bits per heavy atom. The topological polar surface area (TPSA) is 82.8 Å². The van der Waals surface area contributed by atoms with Crippen LogP contribution in [-0.4, -0.2) is 39.9 Å². The van der Waals surface area contributed by atoms with Crippen molar-refractivity contribution in [2.24, 2.45) is 5.73 Å². The van der Waals surface area contributed by atoms with E-state index in [0.29, 0.717) is 35.4 Å². The van der Waals surface area contributed by atoms with Gasteiger partial charge in [0.25, 0.3) is 0 Å². The molecule has 0 atom stereocenters. The standard InChI is InChI=1S/C12H17ClN2O4/c1-17-10-5-8(13)9(6-11(10)18-2)15-12(16)7-19-4-3-14/h5-6H,3-4,7,14H2,1-2H3,(H,15,16). The van der Waals surface area contributed by atoms with E-state index in [1.165, 1.54) is 14.2 Å². The van der Waals surface area contributed by atoms with Crippen molar-refractivity contribution in [3.05, 3.63) is 17.2 Å². The number of carbonyl (C=O) groups is 1. The zero-order valence-corrected chi connectivity index (χ0v) is 11.6. The lowest BCUT2D eigenvalue weighted by molar-refractivity contribution is -0.120. The molecular weight excluding hydrogens is 272 g/mol. The van der Waals surface area contributed by atoms with Crippen LogP contribution >= 0.6 is 11.6 Å². The van der Waals surface area contributed by atoms with Gasteiger partial charge in [0.15, 0.2) is 11.5 Å². The number of ether oxygens (including phenoxy) is 3. The van der Waals surface area contributed by atoms with Gasteiger partial charge in [0.2, 0.25) is 5.91 Å². The van der Waals surface area contributed by atoms with Crippen molar-refractivity contribution in [2.75, 3.05) is 39.3 Å². The maximum absolute atomic E-state index is 11.6. The predicted octanol–water partition coefficient (Wildman–Crippen LogP) is 1.27. The Bertz CT molecular complexity index is 440. The highest BCUT2D eigenvalue weighted by molar-refractivity contribution is 6.34. The zero-order chi connectivity index (χ0) is 14.3. The molecule has 1 amide bonds. The van der Waals surface area contributed by atoms with Crippen molar-refractivity contribution >= 4 is 23.2 Å². The summed E-state index contributed by atoms with van der Waals surface area (Å²) >= 11 is 6.03. The minimum absolute atomic E-state index is 0.0815. The van der Waals surface area contributed by atoms with Gasteiger partial charge >= 0.3 is 0 Å². The molecule has 1 rings (SSSR count). The van der Waals surface area contributed by atoms with Crippen molar-refractivity contribution in [1.29, 1.82) is 0 Å². The molecule has 19 heavy (non-hydrogen) atoms. The van der Waals surface area contributed by atoms with Crippen LogP contribution in [0.2, 0.25) is 5.02 Å². The van der Waals surface area contributed by atoms with Gasteiger partial charge in [-0.25, -0.2) is 0 Å². The highest BCUT2D eigenvalue weighted by Crippen LogP contribution is 2.35. The summed E-state index contributed by atoms with van der Waals surface area (Å²) in [6.07, 6.45) is 0. The van der Waals surface area contributed by atoms with Gasteiger partial charge in [0.05, 0.1) is 31.5 Å². The molecule has 0 saturated heterocycles. The number of carbonyl (C=O) groups excluding carboxylic acids is 1. The molecule has 1 aromatic rings. The molecule has 106 valence electrons. The first-order chi connectivity index (χ1) is 9.12. The molecule has 0 heterocycles. The number of benzene rings is 1. The monoisotopic (exact) mass is 288 g/mol. The first kappa shape index (κ1) is 15.6. The predicted molar refractivity (Wildman–Crippen MR) is 73.1 cm³/mol. The van der Waals surface area contributed by atoms with Crippen LogP contribution < -0.4 is 20.5 Å². The van der Waals surface area contributed by atoms with E-state index in [0.717, 1.165) is 0 Å². The third-order valence-electron chi connectivity index (χ3n) is 2.24. The second-order valence-corrected chi connectivity index (χ2v) is 3.98. The largest absolute Gasteiger partial charge is 0.493 e. The molecule has 3 N–H and O–H groups in total. The van der Waals surface area contributed by atoms with Crippen LogP contribution in [0.4, 0.5) is 5.69 Å². The summed E-state index contributed by atoms with van der Waals surface area (Å²) in [5, 5.41) is 2.97. The summed E-state index contributed by atoms with van der Waals surface area (Å²) in [6.45, 7) is 0.610. The fourth-order valence-corrected chi connectivity index (χ4v) is 1.59. The number of amides is 1. The van der Waals surface area contributed by atoms with Crippen molar-refractivity contribution in [3.63, 3.8) is 0 Å². The van der Waals surface area contributed by atoms with E-state index in [4.69, 9.17) is 31.5 Å². The molecule has 0 spiro atoms. The number of hydrogen-bond acceptors (Lipinski definition) is 5. The average molecular weight is 289 g/mol. The quantitative estimate of drug-likeness (QED) is 0.738. The molecule has 0 radical (unpaired) electrons. The number of nitrogens with two attached hydrogens (primary N) is 1. The summed E-state index contributed by atoms with van der Waals surface area (Å²) in [6, 6.07) is 3.15. The normalized spacial score (nSPS) is 10.1. The van der Waals surface area contributed by atoms with E-state index < -0.39 is 0 Å². The van der Waals surface area contributed by atoms with Gasteiger partial charge in [-0.3, -0.25) is 4.79 Å². The minimum Gasteiger partial charge on any atom is -0.493 e. The number of nitrogens with one attached hydrogen (secondary N) is 1. The molecule has 0 saturated carbocycles. The third kappa shape index (κ3) is 4.59. The highest BCUT2D eigenvalue weighted by Gasteiger charge is 2.12. The lowest BCUT2D eigenvalue weighted by Crippen LogP contribution is -2.20. The van der Waals surface area contributed by atoms with Crippen LogP contribution in [0.1, 0.15) is 0 Å². The molecule has 0 aromatic heterocycles. The van der Waals surface area contributed by atoms with Gasteiger partial charge in [-0.15, -0.1) is 0 Å². The van der Waals surface area contributed by atoms with Crippen LogP contribution in [0, 0.1) is 0 Å². The van der Waals surface area contributed by atoms with Crippen molar-refractivity contribution < 1.29 is 19.0 Å². The van der Waals surface area contributed by atoms with Gasteiger partial charge in [-0.05, 0) is 0 Å². The van der Waals surface area contributed by atoms with Gasteiger partial charge in [0.1, 0.15) is 6.61 Å². The van der Waals surface area contributed by atoms with Crippen LogP contribution in [0.3, 0.4) is 0 Å². The van der Waals surface area contributed by atoms with Gasteiger partial charge in [-0.2, -0.15) is 0 Å². The molecule has 0 bridgehead atoms. The average Bonchev–Trinajstić information content (AvgIpc) is 2.40. The van der Waals surface area contributed by atoms with Gasteiger partial charge < -0.3 is 25.3 Å². The lowest BCUT2D eigenvalue weighted by atomic mass is 10.2. The Labute approximate surface area is 116 Å². The van der Waals surface area contributed by atoms with E-state index in [-0.39, 0.29) is 12.5 Å². The van der Waals surface area contributed by atoms with E-state index >= 15 is 0 Å². The summed E-state index contributed by atoms with van der Waals surface area (Å²) in [7, 11) is 3.01. The molecule has 0 fully saturated rings. The van der Waals surface area contributed by atoms with Crippen molar-refractivity contribution in [1.82, 2.24) is 0 Å². The van der Waals surface area contributed by atoms with Crippen LogP contribution in [-0.2, 0) is 9.53 Å². The summed E-state index contributed by atoms with van der Waals surface area (Å²) in [5.74, 6) is 0.650. The van der Waals surface area contributed by atoms with Crippen LogP contribution in [0.15, 0.2) is 12.1 Å². The second-order valence-electron chi connectivity index (χ2n) is 3.58.